The summed E-state index contributed by atoms with van der Waals surface area (Å²) in [5.74, 6) is 27.9. The zero-order valence-corrected chi connectivity index (χ0v) is 92.1. The van der Waals surface area contributed by atoms with E-state index in [1.165, 1.54) is 424 Å². The van der Waals surface area contributed by atoms with Crippen molar-refractivity contribution in [2.45, 2.75) is 624 Å². The molecule has 0 heterocycles. The summed E-state index contributed by atoms with van der Waals surface area (Å²) in [6.07, 6.45) is 115. The van der Waals surface area contributed by atoms with Crippen molar-refractivity contribution in [1.82, 2.24) is 0 Å². The van der Waals surface area contributed by atoms with Crippen LogP contribution in [0.1, 0.15) is 619 Å². The molecule has 5 unspecified atom stereocenters. The highest BCUT2D eigenvalue weighted by Crippen LogP contribution is 2.75. The molecule has 0 aliphatic heterocycles. The van der Waals surface area contributed by atoms with Gasteiger partial charge in [0.25, 0.3) is 0 Å². The van der Waals surface area contributed by atoms with Crippen LogP contribution in [0, 0.1) is 198 Å². The Hall–Kier alpha value is -0.550. The lowest BCUT2D eigenvalue weighted by Gasteiger charge is -2.73. The zero-order chi connectivity index (χ0) is 93.4. The van der Waals surface area contributed by atoms with Gasteiger partial charge in [0, 0.05) is 0 Å². The van der Waals surface area contributed by atoms with Gasteiger partial charge in [-0.2, -0.15) is 5.26 Å². The van der Waals surface area contributed by atoms with Crippen LogP contribution in [0.3, 0.4) is 0 Å². The Balaban J connectivity index is 0.000000140. The maximum Gasteiger partial charge on any atom is 0.0690 e. The Labute approximate surface area is 822 Å². The number of nitrogens with zero attached hydrogens (tertiary/aromatic N) is 1. The minimum Gasteiger partial charge on any atom is -0.390 e. The second-order valence-corrected chi connectivity index (χ2v) is 55.6. The highest BCUT2D eigenvalue weighted by molar-refractivity contribution is 5.19. The highest BCUT2D eigenvalue weighted by atomic mass is 16.3. The molecule has 0 aromatic heterocycles. The van der Waals surface area contributed by atoms with Gasteiger partial charge in [0.2, 0.25) is 0 Å². The molecule has 5 atom stereocenters. The molecule has 27 aliphatic carbocycles. The van der Waals surface area contributed by atoms with E-state index in [0.717, 1.165) is 195 Å². The number of nitriles is 1. The standard InChI is InChI=1S/C19H38.C15H22O.C13H22.C12H17N.C12H20.2C11H22.C9H18.C8H16.2C7H14.C5H10/c1-2-3-4-5-6-7-8-9-10-11-13-16-19-17-14-12-15-18-19;1-14-2-8-11-5-15(16)6-12(8)10(4-14)13(7-15)9(11)3-14;1-9-10-4-12(2)5-11(9)7-13(3,6-10)8-12;1-8-10-2-9-3-11(8)6-12(4-9,5-10)7-13;1-8-10-3-9-4-11(8)7-12(2,5-9)6-10;1-3-10(2)9-11-7-5-4-6-8-11;1-3-4-5-11-8-6-10(2)7-9-11;1-2-6-9-7-4-3-5-8-9;1-2-8-6-4-3-5-7-8;1-2-7-5-3-4-6-7;1-2-4-7-5-3-6-7;1-2-5-3-4-5/h19H,2-18H2,1H3;8-13,16H,2-7H2,1H3;9-11H,4-8H2,1-3H3;8-11H,2-6H2,1H3;8-11H,3-7H2,1-2H3;2*10-11H,3-9H2,1-2H3;9H,2-8H2,1H3;8H,2-7H2,1H3;2*7H,2-6H2,1H3;5H,2-4H2,1H3. The van der Waals surface area contributed by atoms with Crippen molar-refractivity contribution in [3.8, 4) is 6.07 Å². The molecular formula is C129H235NO. The van der Waals surface area contributed by atoms with Gasteiger partial charge in [0.1, 0.15) is 0 Å². The summed E-state index contributed by atoms with van der Waals surface area (Å²) in [7, 11) is 0. The first kappa shape index (κ1) is 111. The maximum atomic E-state index is 10.7. The predicted molar refractivity (Wildman–Crippen MR) is 574 cm³/mol. The molecule has 0 spiro atoms. The van der Waals surface area contributed by atoms with Crippen molar-refractivity contribution in [3.05, 3.63) is 0 Å². The number of hydrogen-bond donors (Lipinski definition) is 1. The van der Waals surface area contributed by atoms with Crippen LogP contribution in [0.15, 0.2) is 0 Å². The van der Waals surface area contributed by atoms with E-state index in [9.17, 15) is 10.4 Å². The lowest BCUT2D eigenvalue weighted by atomic mass is 9.32. The number of rotatable bonds is 25. The molecule has 0 aromatic rings. The molecule has 0 amide bonds. The van der Waals surface area contributed by atoms with Gasteiger partial charge in [-0.05, 0) is 323 Å². The average Bonchev–Trinajstić information content (AvgIpc) is 1.07. The molecular weight excluding hydrogens is 1580 g/mol. The van der Waals surface area contributed by atoms with Gasteiger partial charge < -0.3 is 5.11 Å². The number of aliphatic hydroxyl groups is 1. The molecule has 131 heavy (non-hydrogen) atoms. The minimum absolute atomic E-state index is 0.128. The average molecular weight is 1820 g/mol. The van der Waals surface area contributed by atoms with Crippen LogP contribution >= 0.6 is 0 Å². The first-order valence-electron chi connectivity index (χ1n) is 62.3. The molecule has 762 valence electrons. The third-order valence-corrected chi connectivity index (χ3v) is 43.9. The Morgan fingerprint density at radius 1 is 0.282 bits per heavy atom. The van der Waals surface area contributed by atoms with Crippen molar-refractivity contribution in [3.63, 3.8) is 0 Å². The summed E-state index contributed by atoms with van der Waals surface area (Å²) in [6, 6.07) is 2.63. The van der Waals surface area contributed by atoms with Crippen molar-refractivity contribution >= 4 is 0 Å². The van der Waals surface area contributed by atoms with E-state index in [4.69, 9.17) is 0 Å². The van der Waals surface area contributed by atoms with E-state index in [2.05, 4.69) is 124 Å². The zero-order valence-electron chi connectivity index (χ0n) is 92.1. The Bertz CT molecular complexity index is 2850. The van der Waals surface area contributed by atoms with Gasteiger partial charge in [-0.3, -0.25) is 0 Å². The van der Waals surface area contributed by atoms with Crippen LogP contribution in [0.4, 0.5) is 0 Å². The van der Waals surface area contributed by atoms with Crippen molar-refractivity contribution in [2.24, 2.45) is 187 Å². The fraction of sp³-hybridized carbons (Fsp3) is 0.992. The Kier molecular flexibility index (Phi) is 47.3. The number of unbranched alkanes of at least 4 members (excludes halogenated alkanes) is 11. The molecule has 1 N–H and O–H groups in total. The largest absolute Gasteiger partial charge is 0.390 e. The fourth-order valence-corrected chi connectivity index (χ4v) is 36.1. The SMILES string of the molecule is CC12CC3C4CC5(O)CC3C(C1)C(C5)C4C2.CC1C2CC3(C)CC1CC(C)(C2)C3.CC1C2CC3CC1CC(C#N)(C3)C2.CC1C2CC3CC1CC(C)(C3)C2.CCC(C)CC1CCCCC1.CCC1CC1.CCC1CCCC1.CCC1CCCCC1.CCCC1CCC1.CCCC1CCCCC1.CCCCC1CCC(C)CC1.CCCCCCCCCCCCCC1CCCCC1. The first-order chi connectivity index (χ1) is 63.2. The van der Waals surface area contributed by atoms with Crippen LogP contribution < -0.4 is 0 Å². The van der Waals surface area contributed by atoms with Crippen LogP contribution in [-0.2, 0) is 0 Å². The molecule has 0 radical (unpaired) electrons. The molecule has 2 heteroatoms. The van der Waals surface area contributed by atoms with Gasteiger partial charge in [0.05, 0.1) is 17.1 Å². The van der Waals surface area contributed by atoms with Crippen LogP contribution in [0.25, 0.3) is 0 Å². The quantitative estimate of drug-likeness (QED) is 0.0926. The second-order valence-electron chi connectivity index (χ2n) is 55.6. The summed E-state index contributed by atoms with van der Waals surface area (Å²) >= 11 is 0. The molecule has 0 aromatic carbocycles. The fourth-order valence-electron chi connectivity index (χ4n) is 36.1. The summed E-state index contributed by atoms with van der Waals surface area (Å²) < 4.78 is 0. The van der Waals surface area contributed by atoms with E-state index in [0.29, 0.717) is 5.41 Å². The number of hydrogen-bond acceptors (Lipinski definition) is 2. The van der Waals surface area contributed by atoms with E-state index in [-0.39, 0.29) is 11.0 Å². The van der Waals surface area contributed by atoms with E-state index in [1.807, 2.05) is 0 Å². The maximum absolute atomic E-state index is 10.7. The van der Waals surface area contributed by atoms with Crippen LogP contribution in [0.5, 0.6) is 0 Å². The van der Waals surface area contributed by atoms with E-state index < -0.39 is 0 Å². The summed E-state index contributed by atoms with van der Waals surface area (Å²) in [4.78, 5) is 0. The Morgan fingerprint density at radius 3 is 0.939 bits per heavy atom. The molecule has 27 fully saturated rings. The first-order valence-corrected chi connectivity index (χ1v) is 62.3. The van der Waals surface area contributed by atoms with Gasteiger partial charge in [-0.1, -0.05) is 477 Å². The van der Waals surface area contributed by atoms with Gasteiger partial charge >= 0.3 is 0 Å². The smallest absolute Gasteiger partial charge is 0.0690 e. The normalized spacial score (nSPS) is 40.3. The summed E-state index contributed by atoms with van der Waals surface area (Å²) in [6.45, 7) is 40.8. The Morgan fingerprint density at radius 2 is 0.588 bits per heavy atom. The van der Waals surface area contributed by atoms with Gasteiger partial charge in [-0.15, -0.1) is 0 Å². The topological polar surface area (TPSA) is 44.0 Å². The van der Waals surface area contributed by atoms with Crippen LogP contribution in [-0.4, -0.2) is 10.7 Å². The third kappa shape index (κ3) is 34.9. The third-order valence-electron chi connectivity index (χ3n) is 43.9. The molecule has 20 bridgehead atoms. The molecule has 27 rings (SSSR count). The second kappa shape index (κ2) is 55.9. The predicted octanol–water partition coefficient (Wildman–Crippen LogP) is 41.7. The van der Waals surface area contributed by atoms with Gasteiger partial charge in [0.15, 0.2) is 0 Å². The lowest BCUT2D eigenvalue weighted by Crippen LogP contribution is -2.69. The highest BCUT2D eigenvalue weighted by Gasteiger charge is 2.69. The minimum atomic E-state index is -0.214. The molecule has 27 saturated carbocycles. The molecule has 0 saturated heterocycles. The van der Waals surface area contributed by atoms with E-state index in [1.54, 1.807) is 57.8 Å². The van der Waals surface area contributed by atoms with Gasteiger partial charge in [-0.25, -0.2) is 0 Å². The summed E-state index contributed by atoms with van der Waals surface area (Å²) in [5, 5.41) is 19.9. The van der Waals surface area contributed by atoms with E-state index >= 15 is 0 Å². The van der Waals surface area contributed by atoms with Crippen molar-refractivity contribution < 1.29 is 5.11 Å². The molecule has 2 nitrogen and oxygen atoms in total. The summed E-state index contributed by atoms with van der Waals surface area (Å²) in [5.41, 5.74) is 2.89. The van der Waals surface area contributed by atoms with Crippen molar-refractivity contribution in [1.29, 1.82) is 5.26 Å². The lowest BCUT2D eigenvalue weighted by molar-refractivity contribution is -0.272. The molecule has 27 aliphatic rings. The monoisotopic (exact) mass is 1810 g/mol. The van der Waals surface area contributed by atoms with Crippen LogP contribution in [0.2, 0.25) is 0 Å². The van der Waals surface area contributed by atoms with Crippen molar-refractivity contribution in [2.75, 3.05) is 0 Å².